The second-order valence-electron chi connectivity index (χ2n) is 8.40. The summed E-state index contributed by atoms with van der Waals surface area (Å²) in [5.74, 6) is 0.553. The van der Waals surface area contributed by atoms with Crippen molar-refractivity contribution in [3.63, 3.8) is 0 Å². The van der Waals surface area contributed by atoms with Crippen molar-refractivity contribution in [3.05, 3.63) is 52.9 Å². The van der Waals surface area contributed by atoms with Gasteiger partial charge in [0.2, 0.25) is 5.91 Å². The summed E-state index contributed by atoms with van der Waals surface area (Å²) in [4.78, 5) is 37.6. The normalized spacial score (nSPS) is 18.7. The Morgan fingerprint density at radius 1 is 1.15 bits per heavy atom. The molecule has 166 valence electrons. The fourth-order valence-electron chi connectivity index (χ4n) is 4.68. The van der Waals surface area contributed by atoms with Crippen molar-refractivity contribution in [3.8, 4) is 11.1 Å². The van der Waals surface area contributed by atoms with E-state index in [2.05, 4.69) is 42.3 Å². The molecule has 10 heteroatoms. The molecule has 2 saturated heterocycles. The van der Waals surface area contributed by atoms with Crippen LogP contribution in [0.2, 0.25) is 0 Å². The molecule has 1 aromatic carbocycles. The van der Waals surface area contributed by atoms with E-state index in [4.69, 9.17) is 4.98 Å². The molecule has 2 aliphatic heterocycles. The van der Waals surface area contributed by atoms with Crippen molar-refractivity contribution in [2.45, 2.75) is 19.4 Å². The summed E-state index contributed by atoms with van der Waals surface area (Å²) >= 11 is 3.71. The zero-order chi connectivity index (χ0) is 22.7. The summed E-state index contributed by atoms with van der Waals surface area (Å²) in [6.07, 6.45) is 3.96. The molecule has 6 rings (SSSR count). The van der Waals surface area contributed by atoms with Crippen LogP contribution in [-0.4, -0.2) is 62.1 Å². The molecule has 3 aromatic heterocycles. The predicted molar refractivity (Wildman–Crippen MR) is 127 cm³/mol. The van der Waals surface area contributed by atoms with E-state index in [1.807, 2.05) is 48.1 Å². The summed E-state index contributed by atoms with van der Waals surface area (Å²) in [6, 6.07) is 9.63. The molecule has 1 atom stereocenters. The lowest BCUT2D eigenvalue weighted by Gasteiger charge is -2.43. The Bertz CT molecular complexity index is 1450. The number of nitrogens with zero attached hydrogens (tertiary/aromatic N) is 6. The molecule has 1 N–H and O–H groups in total. The molecule has 2 aliphatic rings. The molecule has 0 radical (unpaired) electrons. The number of fused-ring (bicyclic) bond motifs is 3. The lowest BCUT2D eigenvalue weighted by atomic mass is 10.1. The van der Waals surface area contributed by atoms with E-state index < -0.39 is 0 Å². The second-order valence-corrected chi connectivity index (χ2v) is 9.19. The van der Waals surface area contributed by atoms with Gasteiger partial charge in [-0.05, 0) is 35.0 Å². The highest BCUT2D eigenvalue weighted by atomic mass is 79.9. The zero-order valence-corrected chi connectivity index (χ0v) is 19.4. The first-order chi connectivity index (χ1) is 16.0. The molecule has 1 unspecified atom stereocenters. The number of amides is 3. The van der Waals surface area contributed by atoms with Gasteiger partial charge < -0.3 is 9.80 Å². The maximum atomic E-state index is 12.2. The molecule has 5 heterocycles. The maximum Gasteiger partial charge on any atom is 0.324 e. The van der Waals surface area contributed by atoms with Crippen LogP contribution in [0.15, 0.2) is 47.2 Å². The SMILES string of the molecule is Cc1c(Br)c(N2CCN3C(=O)NC(=O)CC3C2)nc2c(-c3cnc4ccccc4c3)cnn12. The Morgan fingerprint density at radius 2 is 2.00 bits per heavy atom. The predicted octanol–water partition coefficient (Wildman–Crippen LogP) is 3.15. The van der Waals surface area contributed by atoms with Crippen LogP contribution < -0.4 is 10.2 Å². The monoisotopic (exact) mass is 505 g/mol. The van der Waals surface area contributed by atoms with Crippen LogP contribution in [0.3, 0.4) is 0 Å². The highest BCUT2D eigenvalue weighted by Crippen LogP contribution is 2.34. The molecule has 4 aromatic rings. The molecule has 0 saturated carbocycles. The Hall–Kier alpha value is -3.53. The van der Waals surface area contributed by atoms with Crippen molar-refractivity contribution < 1.29 is 9.59 Å². The average Bonchev–Trinajstić information content (AvgIpc) is 3.24. The second kappa shape index (κ2) is 7.51. The first-order valence-electron chi connectivity index (χ1n) is 10.7. The Labute approximate surface area is 197 Å². The van der Waals surface area contributed by atoms with E-state index in [0.717, 1.165) is 43.7 Å². The van der Waals surface area contributed by atoms with Crippen LogP contribution >= 0.6 is 15.9 Å². The van der Waals surface area contributed by atoms with E-state index in [1.165, 1.54) is 0 Å². The minimum atomic E-state index is -0.309. The van der Waals surface area contributed by atoms with Gasteiger partial charge in [-0.1, -0.05) is 18.2 Å². The number of urea groups is 1. The van der Waals surface area contributed by atoms with Gasteiger partial charge in [0.15, 0.2) is 5.65 Å². The molecular weight excluding hydrogens is 486 g/mol. The summed E-state index contributed by atoms with van der Waals surface area (Å²) in [5.41, 5.74) is 4.45. The van der Waals surface area contributed by atoms with Crippen molar-refractivity contribution in [1.29, 1.82) is 0 Å². The number of para-hydroxylation sites is 1. The number of imide groups is 1. The standard InChI is InChI=1S/C23H20BrN7O2/c1-13-20(24)22(29-6-7-30-16(12-29)9-19(32)27-23(30)33)28-21-17(11-26-31(13)21)15-8-14-4-2-3-5-18(14)25-10-15/h2-5,8,10-11,16H,6-7,9,12H2,1H3,(H,27,32,33). The molecule has 33 heavy (non-hydrogen) atoms. The third-order valence-corrected chi connectivity index (χ3v) is 7.33. The maximum absolute atomic E-state index is 12.2. The van der Waals surface area contributed by atoms with Crippen molar-refractivity contribution >= 4 is 50.2 Å². The number of pyridine rings is 1. The number of halogens is 1. The van der Waals surface area contributed by atoms with E-state index in [1.54, 1.807) is 4.90 Å². The van der Waals surface area contributed by atoms with Crippen LogP contribution in [0.5, 0.6) is 0 Å². The van der Waals surface area contributed by atoms with Crippen LogP contribution in [-0.2, 0) is 4.79 Å². The van der Waals surface area contributed by atoms with E-state index >= 15 is 0 Å². The quantitative estimate of drug-likeness (QED) is 0.449. The number of hydrogen-bond donors (Lipinski definition) is 1. The number of aryl methyl sites for hydroxylation is 1. The number of hydrogen-bond acceptors (Lipinski definition) is 6. The van der Waals surface area contributed by atoms with Gasteiger partial charge in [0, 0.05) is 48.8 Å². The minimum Gasteiger partial charge on any atom is -0.352 e. The van der Waals surface area contributed by atoms with E-state index in [-0.39, 0.29) is 18.0 Å². The highest BCUT2D eigenvalue weighted by molar-refractivity contribution is 9.10. The van der Waals surface area contributed by atoms with E-state index in [0.29, 0.717) is 26.1 Å². The summed E-state index contributed by atoms with van der Waals surface area (Å²) in [7, 11) is 0. The van der Waals surface area contributed by atoms with Gasteiger partial charge in [0.05, 0.1) is 27.9 Å². The lowest BCUT2D eigenvalue weighted by molar-refractivity contribution is -0.122. The molecule has 2 fully saturated rings. The number of nitrogens with one attached hydrogen (secondary N) is 1. The van der Waals surface area contributed by atoms with E-state index in [9.17, 15) is 9.59 Å². The number of benzene rings is 1. The number of aromatic nitrogens is 4. The van der Waals surface area contributed by atoms with Crippen LogP contribution in [0, 0.1) is 6.92 Å². The number of piperazine rings is 1. The first kappa shape index (κ1) is 20.1. The van der Waals surface area contributed by atoms with Gasteiger partial charge in [-0.15, -0.1) is 0 Å². The van der Waals surface area contributed by atoms with Crippen molar-refractivity contribution in [2.24, 2.45) is 0 Å². The van der Waals surface area contributed by atoms with Crippen LogP contribution in [0.25, 0.3) is 27.7 Å². The summed E-state index contributed by atoms with van der Waals surface area (Å²) in [6.45, 7) is 3.69. The molecular formula is C23H20BrN7O2. The largest absolute Gasteiger partial charge is 0.352 e. The topological polar surface area (TPSA) is 95.7 Å². The minimum absolute atomic E-state index is 0.167. The zero-order valence-electron chi connectivity index (χ0n) is 17.8. The molecule has 0 spiro atoms. The fraction of sp³-hybridized carbons (Fsp3) is 0.261. The van der Waals surface area contributed by atoms with Crippen molar-refractivity contribution in [2.75, 3.05) is 24.5 Å². The average molecular weight is 506 g/mol. The van der Waals surface area contributed by atoms with Gasteiger partial charge in [0.1, 0.15) is 5.82 Å². The van der Waals surface area contributed by atoms with Crippen LogP contribution in [0.1, 0.15) is 12.1 Å². The van der Waals surface area contributed by atoms with Gasteiger partial charge >= 0.3 is 6.03 Å². The Morgan fingerprint density at radius 3 is 2.88 bits per heavy atom. The van der Waals surface area contributed by atoms with Gasteiger partial charge in [-0.2, -0.15) is 5.10 Å². The molecule has 0 bridgehead atoms. The smallest absolute Gasteiger partial charge is 0.324 e. The third kappa shape index (κ3) is 3.24. The summed E-state index contributed by atoms with van der Waals surface area (Å²) in [5, 5.41) is 8.03. The number of rotatable bonds is 2. The molecule has 3 amide bonds. The van der Waals surface area contributed by atoms with Gasteiger partial charge in [-0.25, -0.2) is 14.3 Å². The summed E-state index contributed by atoms with van der Waals surface area (Å²) < 4.78 is 2.67. The number of anilines is 1. The Balaban J connectivity index is 1.42. The molecule has 9 nitrogen and oxygen atoms in total. The molecule has 0 aliphatic carbocycles. The first-order valence-corrected chi connectivity index (χ1v) is 11.5. The Kier molecular flexibility index (Phi) is 4.58. The van der Waals surface area contributed by atoms with Gasteiger partial charge in [0.25, 0.3) is 0 Å². The van der Waals surface area contributed by atoms with Gasteiger partial charge in [-0.3, -0.25) is 15.1 Å². The lowest BCUT2D eigenvalue weighted by Crippen LogP contribution is -2.63. The van der Waals surface area contributed by atoms with Crippen LogP contribution in [0.4, 0.5) is 10.6 Å². The highest BCUT2D eigenvalue weighted by Gasteiger charge is 2.37. The number of carbonyl (C=O) groups is 2. The number of carbonyl (C=O) groups excluding carboxylic acids is 2. The fourth-order valence-corrected chi connectivity index (χ4v) is 5.18. The van der Waals surface area contributed by atoms with Crippen molar-refractivity contribution in [1.82, 2.24) is 29.8 Å². The third-order valence-electron chi connectivity index (χ3n) is 6.40.